The summed E-state index contributed by atoms with van der Waals surface area (Å²) >= 11 is 0. The first-order chi connectivity index (χ1) is 16.2. The summed E-state index contributed by atoms with van der Waals surface area (Å²) in [4.78, 5) is 18.3. The van der Waals surface area contributed by atoms with E-state index in [0.717, 1.165) is 42.9 Å². The summed E-state index contributed by atoms with van der Waals surface area (Å²) in [7, 11) is 0. The van der Waals surface area contributed by atoms with Crippen molar-refractivity contribution in [1.82, 2.24) is 4.98 Å². The van der Waals surface area contributed by atoms with Crippen LogP contribution in [0, 0.1) is 35.0 Å². The third-order valence-electron chi connectivity index (χ3n) is 5.68. The monoisotopic (exact) mass is 476 g/mol. The quantitative estimate of drug-likeness (QED) is 0.527. The molecule has 178 valence electrons. The Balaban J connectivity index is 1.72. The molecule has 3 aromatic rings. The Morgan fingerprint density at radius 3 is 2.32 bits per heavy atom. The van der Waals surface area contributed by atoms with E-state index in [2.05, 4.69) is 10.3 Å². The van der Waals surface area contributed by atoms with E-state index >= 15 is 4.39 Å². The van der Waals surface area contributed by atoms with Gasteiger partial charge in [0.2, 0.25) is 0 Å². The molecule has 1 aromatic heterocycles. The van der Waals surface area contributed by atoms with Crippen molar-refractivity contribution in [2.24, 2.45) is 11.7 Å². The largest absolute Gasteiger partial charge is 0.366 e. The molecule has 2 atom stereocenters. The number of nitrogens with zero attached hydrogens (tertiary/aromatic N) is 2. The van der Waals surface area contributed by atoms with Gasteiger partial charge in [-0.1, -0.05) is 13.0 Å². The number of nitrogens with one attached hydrogen (secondary N) is 1. The molecule has 0 aliphatic carbocycles. The number of carbonyl (C=O) groups excluding carboxylic acids is 1. The first-order valence-corrected chi connectivity index (χ1v) is 10.5. The van der Waals surface area contributed by atoms with E-state index < -0.39 is 51.7 Å². The van der Waals surface area contributed by atoms with E-state index in [1.165, 1.54) is 6.20 Å². The number of halogens is 5. The number of hydrogen-bond donors (Lipinski definition) is 2. The zero-order valence-corrected chi connectivity index (χ0v) is 18.1. The second-order valence-corrected chi connectivity index (χ2v) is 8.36. The summed E-state index contributed by atoms with van der Waals surface area (Å²) in [5, 5.41) is 2.39. The van der Waals surface area contributed by atoms with Crippen LogP contribution in [0.5, 0.6) is 0 Å². The van der Waals surface area contributed by atoms with Crippen molar-refractivity contribution in [2.45, 2.75) is 19.4 Å². The molecule has 2 heterocycles. The maximum Gasteiger partial charge on any atom is 0.258 e. The molecule has 3 N–H and O–H groups in total. The number of anilines is 2. The topological polar surface area (TPSA) is 71.2 Å². The molecule has 0 saturated carbocycles. The molecular formula is C24H21F5N4O. The molecule has 1 aliphatic rings. The van der Waals surface area contributed by atoms with Gasteiger partial charge in [-0.3, -0.25) is 9.78 Å². The van der Waals surface area contributed by atoms with Crippen LogP contribution in [0.2, 0.25) is 0 Å². The van der Waals surface area contributed by atoms with Gasteiger partial charge in [-0.25, -0.2) is 22.0 Å². The highest BCUT2D eigenvalue weighted by molar-refractivity contribution is 6.06. The zero-order chi connectivity index (χ0) is 24.6. The van der Waals surface area contributed by atoms with Crippen molar-refractivity contribution >= 4 is 17.3 Å². The van der Waals surface area contributed by atoms with E-state index in [1.54, 1.807) is 4.90 Å². The van der Waals surface area contributed by atoms with Crippen molar-refractivity contribution < 1.29 is 26.7 Å². The van der Waals surface area contributed by atoms with Crippen LogP contribution in [0.25, 0.3) is 11.1 Å². The fourth-order valence-electron chi connectivity index (χ4n) is 4.31. The molecule has 1 aliphatic heterocycles. The molecule has 0 unspecified atom stereocenters. The molecule has 0 radical (unpaired) electrons. The smallest absolute Gasteiger partial charge is 0.258 e. The fraction of sp³-hybridized carbons (Fsp3) is 0.250. The minimum absolute atomic E-state index is 0.0354. The zero-order valence-electron chi connectivity index (χ0n) is 18.1. The molecule has 10 heteroatoms. The van der Waals surface area contributed by atoms with Crippen molar-refractivity contribution in [3.05, 3.63) is 77.4 Å². The third-order valence-corrected chi connectivity index (χ3v) is 5.68. The second kappa shape index (κ2) is 9.38. The van der Waals surface area contributed by atoms with Crippen molar-refractivity contribution in [3.8, 4) is 11.1 Å². The van der Waals surface area contributed by atoms with Gasteiger partial charge >= 0.3 is 0 Å². The Hall–Kier alpha value is -3.53. The molecule has 34 heavy (non-hydrogen) atoms. The Morgan fingerprint density at radius 1 is 0.971 bits per heavy atom. The first kappa shape index (κ1) is 23.6. The molecule has 5 nitrogen and oxygen atoms in total. The maximum atomic E-state index is 15.2. The fourth-order valence-corrected chi connectivity index (χ4v) is 4.31. The highest BCUT2D eigenvalue weighted by Gasteiger charge is 2.28. The summed E-state index contributed by atoms with van der Waals surface area (Å²) < 4.78 is 72.8. The van der Waals surface area contributed by atoms with Gasteiger partial charge in [-0.15, -0.1) is 0 Å². The number of amides is 1. The van der Waals surface area contributed by atoms with E-state index in [9.17, 15) is 22.4 Å². The average Bonchev–Trinajstić information content (AvgIpc) is 2.75. The number of pyridine rings is 1. The van der Waals surface area contributed by atoms with Gasteiger partial charge in [0.1, 0.15) is 29.0 Å². The Labute approximate surface area is 192 Å². The Bertz CT molecular complexity index is 1220. The van der Waals surface area contributed by atoms with Crippen molar-refractivity contribution in [2.75, 3.05) is 23.3 Å². The Morgan fingerprint density at radius 2 is 1.65 bits per heavy atom. The lowest BCUT2D eigenvalue weighted by molar-refractivity contribution is 0.102. The number of aromatic nitrogens is 1. The standard InChI is InChI=1S/C24H21F5N4O/c1-12-7-13(30)11-33(10-12)23-18(28)8-31-9-19(23)32-24(34)14-5-6-17(27)21(22(14)29)20-15(25)3-2-4-16(20)26/h2-6,8-9,12-13H,7,10-11,30H2,1H3,(H,32,34)/t12-,13+/m1/s1. The average molecular weight is 476 g/mol. The van der Waals surface area contributed by atoms with E-state index in [-0.39, 0.29) is 23.3 Å². The second-order valence-electron chi connectivity index (χ2n) is 8.36. The Kier molecular flexibility index (Phi) is 6.52. The molecule has 4 rings (SSSR count). The molecule has 1 saturated heterocycles. The van der Waals surface area contributed by atoms with Gasteiger partial charge in [0.25, 0.3) is 5.91 Å². The summed E-state index contributed by atoms with van der Waals surface area (Å²) in [5.41, 5.74) is 3.42. The lowest BCUT2D eigenvalue weighted by Gasteiger charge is -2.37. The molecule has 2 aromatic carbocycles. The van der Waals surface area contributed by atoms with Gasteiger partial charge < -0.3 is 16.0 Å². The van der Waals surface area contributed by atoms with Crippen LogP contribution >= 0.6 is 0 Å². The highest BCUT2D eigenvalue weighted by Crippen LogP contribution is 2.34. The van der Waals surface area contributed by atoms with Gasteiger partial charge in [0.15, 0.2) is 5.82 Å². The van der Waals surface area contributed by atoms with Gasteiger partial charge in [0, 0.05) is 19.1 Å². The van der Waals surface area contributed by atoms with Crippen LogP contribution in [-0.2, 0) is 0 Å². The maximum absolute atomic E-state index is 15.2. The minimum Gasteiger partial charge on any atom is -0.366 e. The molecule has 1 fully saturated rings. The van der Waals surface area contributed by atoms with Crippen LogP contribution < -0.4 is 16.0 Å². The third kappa shape index (κ3) is 4.45. The summed E-state index contributed by atoms with van der Waals surface area (Å²) in [6, 6.07) is 4.10. The minimum atomic E-state index is -1.46. The SMILES string of the molecule is C[C@@H]1C[C@H](N)CN(c2c(F)cncc2NC(=O)c2ccc(F)c(-c3c(F)cccc3F)c2F)C1. The van der Waals surface area contributed by atoms with Crippen LogP contribution in [0.1, 0.15) is 23.7 Å². The van der Waals surface area contributed by atoms with Crippen LogP contribution in [0.15, 0.2) is 42.7 Å². The normalized spacial score (nSPS) is 18.1. The predicted molar refractivity (Wildman–Crippen MR) is 118 cm³/mol. The number of benzene rings is 2. The number of hydrogen-bond acceptors (Lipinski definition) is 4. The van der Waals surface area contributed by atoms with Crippen LogP contribution in [0.4, 0.5) is 33.3 Å². The van der Waals surface area contributed by atoms with Crippen molar-refractivity contribution in [1.29, 1.82) is 0 Å². The summed E-state index contributed by atoms with van der Waals surface area (Å²) in [6.45, 7) is 2.76. The lowest BCUT2D eigenvalue weighted by Crippen LogP contribution is -2.47. The molecular weight excluding hydrogens is 455 g/mol. The molecule has 0 spiro atoms. The lowest BCUT2D eigenvalue weighted by atomic mass is 9.96. The molecule has 1 amide bonds. The number of nitrogens with two attached hydrogens (primary N) is 1. The first-order valence-electron chi connectivity index (χ1n) is 10.5. The summed E-state index contributed by atoms with van der Waals surface area (Å²) in [5.74, 6) is -6.72. The number of piperidine rings is 1. The summed E-state index contributed by atoms with van der Waals surface area (Å²) in [6.07, 6.45) is 2.92. The van der Waals surface area contributed by atoms with Crippen LogP contribution in [-0.4, -0.2) is 30.0 Å². The molecule has 0 bridgehead atoms. The number of carbonyl (C=O) groups is 1. The van der Waals surface area contributed by atoms with Crippen LogP contribution in [0.3, 0.4) is 0 Å². The van der Waals surface area contributed by atoms with E-state index in [0.29, 0.717) is 13.1 Å². The van der Waals surface area contributed by atoms with Crippen molar-refractivity contribution in [3.63, 3.8) is 0 Å². The number of rotatable bonds is 4. The predicted octanol–water partition coefficient (Wildman–Crippen LogP) is 4.87. The van der Waals surface area contributed by atoms with E-state index in [1.807, 2.05) is 6.92 Å². The van der Waals surface area contributed by atoms with Gasteiger partial charge in [-0.2, -0.15) is 0 Å². The van der Waals surface area contributed by atoms with E-state index in [4.69, 9.17) is 5.73 Å². The van der Waals surface area contributed by atoms with Gasteiger partial charge in [0.05, 0.1) is 34.8 Å². The van der Waals surface area contributed by atoms with Gasteiger partial charge in [-0.05, 0) is 36.6 Å². The highest BCUT2D eigenvalue weighted by atomic mass is 19.1.